The van der Waals surface area contributed by atoms with Gasteiger partial charge in [0.05, 0.1) is 11.9 Å². The van der Waals surface area contributed by atoms with Crippen LogP contribution in [0.5, 0.6) is 5.75 Å². The van der Waals surface area contributed by atoms with Crippen molar-refractivity contribution in [1.29, 1.82) is 0 Å². The van der Waals surface area contributed by atoms with Crippen LogP contribution in [0.2, 0.25) is 0 Å². The van der Waals surface area contributed by atoms with E-state index in [0.29, 0.717) is 17.8 Å². The molecule has 1 aliphatic carbocycles. The highest BCUT2D eigenvalue weighted by Gasteiger charge is 2.23. The van der Waals surface area contributed by atoms with Gasteiger partial charge in [0.2, 0.25) is 0 Å². The Bertz CT molecular complexity index is 551. The fourth-order valence-corrected chi connectivity index (χ4v) is 2.56. The van der Waals surface area contributed by atoms with E-state index in [1.165, 1.54) is 25.6 Å². The minimum Gasteiger partial charge on any atom is -0.487 e. The molecule has 2 aromatic rings. The first-order valence-electron chi connectivity index (χ1n) is 6.57. The molecule has 0 saturated heterocycles. The fourth-order valence-electron chi connectivity index (χ4n) is 2.56. The second-order valence-corrected chi connectivity index (χ2v) is 5.11. The predicted octanol–water partition coefficient (Wildman–Crippen LogP) is 2.39. The zero-order valence-electron chi connectivity index (χ0n) is 10.8. The lowest BCUT2D eigenvalue weighted by molar-refractivity contribution is 0.101. The highest BCUT2D eigenvalue weighted by Crippen LogP contribution is 2.28. The molecule has 2 aromatic heterocycles. The molecule has 1 fully saturated rings. The standard InChI is InChI=1S/C13H18N4O/c1-9-5-3-4-6-11(9)18-12-7-17-13(14-8-15-17)16-10(12)2/h7-9,11H,3-6H2,1-2H3. The summed E-state index contributed by atoms with van der Waals surface area (Å²) < 4.78 is 7.79. The molecule has 3 rings (SSSR count). The lowest BCUT2D eigenvalue weighted by Crippen LogP contribution is -2.28. The Hall–Kier alpha value is -1.65. The molecule has 5 nitrogen and oxygen atoms in total. The maximum Gasteiger partial charge on any atom is 0.252 e. The van der Waals surface area contributed by atoms with Crippen molar-refractivity contribution >= 4 is 5.78 Å². The molecule has 2 heterocycles. The fraction of sp³-hybridized carbons (Fsp3) is 0.615. The second kappa shape index (κ2) is 4.55. The Labute approximate surface area is 106 Å². The third-order valence-corrected chi connectivity index (χ3v) is 3.73. The Morgan fingerprint density at radius 1 is 1.33 bits per heavy atom. The number of nitrogens with zero attached hydrogens (tertiary/aromatic N) is 4. The van der Waals surface area contributed by atoms with Crippen LogP contribution < -0.4 is 4.74 Å². The van der Waals surface area contributed by atoms with Crippen molar-refractivity contribution < 1.29 is 4.74 Å². The molecule has 0 spiro atoms. The van der Waals surface area contributed by atoms with E-state index in [0.717, 1.165) is 17.9 Å². The van der Waals surface area contributed by atoms with E-state index in [4.69, 9.17) is 4.74 Å². The molecule has 0 bridgehead atoms. The first-order chi connectivity index (χ1) is 8.74. The summed E-state index contributed by atoms with van der Waals surface area (Å²) in [5, 5.41) is 4.10. The van der Waals surface area contributed by atoms with E-state index < -0.39 is 0 Å². The van der Waals surface area contributed by atoms with Gasteiger partial charge in [0.1, 0.15) is 12.4 Å². The van der Waals surface area contributed by atoms with Crippen molar-refractivity contribution in [3.63, 3.8) is 0 Å². The van der Waals surface area contributed by atoms with Crippen LogP contribution in [-0.2, 0) is 0 Å². The molecular weight excluding hydrogens is 228 g/mol. The van der Waals surface area contributed by atoms with Gasteiger partial charge in [-0.05, 0) is 32.1 Å². The molecule has 1 saturated carbocycles. The highest BCUT2D eigenvalue weighted by atomic mass is 16.5. The first kappa shape index (κ1) is 11.4. The predicted molar refractivity (Wildman–Crippen MR) is 67.6 cm³/mol. The summed E-state index contributed by atoms with van der Waals surface area (Å²) in [6.07, 6.45) is 8.66. The molecule has 2 unspecified atom stereocenters. The van der Waals surface area contributed by atoms with E-state index in [2.05, 4.69) is 22.0 Å². The topological polar surface area (TPSA) is 52.3 Å². The van der Waals surface area contributed by atoms with Crippen LogP contribution in [0.3, 0.4) is 0 Å². The van der Waals surface area contributed by atoms with Crippen molar-refractivity contribution in [1.82, 2.24) is 19.6 Å². The Morgan fingerprint density at radius 3 is 3.00 bits per heavy atom. The monoisotopic (exact) mass is 246 g/mol. The van der Waals surface area contributed by atoms with E-state index in [1.807, 2.05) is 13.1 Å². The molecule has 18 heavy (non-hydrogen) atoms. The van der Waals surface area contributed by atoms with Gasteiger partial charge < -0.3 is 4.74 Å². The summed E-state index contributed by atoms with van der Waals surface area (Å²) in [6.45, 7) is 4.22. The van der Waals surface area contributed by atoms with Gasteiger partial charge in [-0.2, -0.15) is 10.1 Å². The molecule has 0 radical (unpaired) electrons. The van der Waals surface area contributed by atoms with Gasteiger partial charge in [0.25, 0.3) is 5.78 Å². The van der Waals surface area contributed by atoms with Crippen molar-refractivity contribution in [2.75, 3.05) is 0 Å². The number of ether oxygens (including phenoxy) is 1. The van der Waals surface area contributed by atoms with Crippen LogP contribution in [0.25, 0.3) is 5.78 Å². The Kier molecular flexibility index (Phi) is 2.89. The third kappa shape index (κ3) is 2.05. The molecule has 0 amide bonds. The van der Waals surface area contributed by atoms with E-state index in [1.54, 1.807) is 4.52 Å². The summed E-state index contributed by atoms with van der Waals surface area (Å²) in [7, 11) is 0. The van der Waals surface area contributed by atoms with Gasteiger partial charge in [0.15, 0.2) is 5.75 Å². The van der Waals surface area contributed by atoms with Gasteiger partial charge in [-0.1, -0.05) is 13.3 Å². The maximum absolute atomic E-state index is 6.12. The smallest absolute Gasteiger partial charge is 0.252 e. The van der Waals surface area contributed by atoms with E-state index >= 15 is 0 Å². The summed E-state index contributed by atoms with van der Waals surface area (Å²) in [6, 6.07) is 0. The van der Waals surface area contributed by atoms with Crippen LogP contribution >= 0.6 is 0 Å². The maximum atomic E-state index is 6.12. The number of rotatable bonds is 2. The molecule has 5 heteroatoms. The quantitative estimate of drug-likeness (QED) is 0.816. The molecule has 0 aromatic carbocycles. The Morgan fingerprint density at radius 2 is 2.17 bits per heavy atom. The lowest BCUT2D eigenvalue weighted by atomic mass is 9.88. The highest BCUT2D eigenvalue weighted by molar-refractivity contribution is 5.34. The first-order valence-corrected chi connectivity index (χ1v) is 6.57. The normalized spacial score (nSPS) is 24.3. The van der Waals surface area contributed by atoms with Gasteiger partial charge in [-0.15, -0.1) is 0 Å². The zero-order valence-corrected chi connectivity index (χ0v) is 10.8. The summed E-state index contributed by atoms with van der Waals surface area (Å²) in [5.41, 5.74) is 0.883. The Balaban J connectivity index is 1.86. The SMILES string of the molecule is Cc1nc2ncnn2cc1OC1CCCCC1C. The average Bonchev–Trinajstić information content (AvgIpc) is 2.79. The lowest BCUT2D eigenvalue weighted by Gasteiger charge is -2.29. The number of hydrogen-bond acceptors (Lipinski definition) is 4. The number of aryl methyl sites for hydroxylation is 1. The average molecular weight is 246 g/mol. The van der Waals surface area contributed by atoms with Crippen molar-refractivity contribution in [3.05, 3.63) is 18.2 Å². The summed E-state index contributed by atoms with van der Waals surface area (Å²) in [5.74, 6) is 2.06. The van der Waals surface area contributed by atoms with Crippen LogP contribution in [0.15, 0.2) is 12.5 Å². The largest absolute Gasteiger partial charge is 0.487 e. The summed E-state index contributed by atoms with van der Waals surface area (Å²) in [4.78, 5) is 8.46. The van der Waals surface area contributed by atoms with Crippen LogP contribution in [0, 0.1) is 12.8 Å². The van der Waals surface area contributed by atoms with Gasteiger partial charge in [0, 0.05) is 0 Å². The second-order valence-electron chi connectivity index (χ2n) is 5.11. The molecule has 2 atom stereocenters. The van der Waals surface area contributed by atoms with Gasteiger partial charge in [-0.3, -0.25) is 0 Å². The molecule has 1 aliphatic rings. The molecule has 0 aliphatic heterocycles. The van der Waals surface area contributed by atoms with Gasteiger partial charge >= 0.3 is 0 Å². The van der Waals surface area contributed by atoms with Crippen molar-refractivity contribution in [2.24, 2.45) is 5.92 Å². The van der Waals surface area contributed by atoms with Crippen molar-refractivity contribution in [3.8, 4) is 5.75 Å². The van der Waals surface area contributed by atoms with E-state index in [-0.39, 0.29) is 0 Å². The molecule has 96 valence electrons. The number of aromatic nitrogens is 4. The third-order valence-electron chi connectivity index (χ3n) is 3.73. The molecular formula is C13H18N4O. The van der Waals surface area contributed by atoms with Crippen molar-refractivity contribution in [2.45, 2.75) is 45.6 Å². The zero-order chi connectivity index (χ0) is 12.5. The number of hydrogen-bond donors (Lipinski definition) is 0. The van der Waals surface area contributed by atoms with Crippen LogP contribution in [0.4, 0.5) is 0 Å². The minimum atomic E-state index is 0.306. The minimum absolute atomic E-state index is 0.306. The summed E-state index contributed by atoms with van der Waals surface area (Å²) >= 11 is 0. The van der Waals surface area contributed by atoms with Gasteiger partial charge in [-0.25, -0.2) is 9.50 Å². The van der Waals surface area contributed by atoms with Crippen LogP contribution in [-0.4, -0.2) is 25.7 Å². The molecule has 0 N–H and O–H groups in total. The van der Waals surface area contributed by atoms with E-state index in [9.17, 15) is 0 Å². The number of fused-ring (bicyclic) bond motifs is 1. The van der Waals surface area contributed by atoms with Crippen LogP contribution in [0.1, 0.15) is 38.3 Å².